The van der Waals surface area contributed by atoms with Gasteiger partial charge >= 0.3 is 0 Å². The molecule has 0 atom stereocenters. The van der Waals surface area contributed by atoms with Crippen LogP contribution < -0.4 is 20.9 Å². The van der Waals surface area contributed by atoms with Crippen molar-refractivity contribution < 1.29 is 9.53 Å². The maximum atomic E-state index is 12.0. The fourth-order valence-electron chi connectivity index (χ4n) is 1.92. The van der Waals surface area contributed by atoms with E-state index in [0.717, 1.165) is 11.3 Å². The average molecular weight is 350 g/mol. The van der Waals surface area contributed by atoms with E-state index in [2.05, 4.69) is 16.2 Å². The van der Waals surface area contributed by atoms with Crippen LogP contribution >= 0.6 is 23.8 Å². The first-order chi connectivity index (χ1) is 11.1. The van der Waals surface area contributed by atoms with Gasteiger partial charge in [-0.25, -0.2) is 0 Å². The molecule has 0 unspecified atom stereocenters. The fraction of sp³-hybridized carbons (Fsp3) is 0.125. The first-order valence-electron chi connectivity index (χ1n) is 6.82. The summed E-state index contributed by atoms with van der Waals surface area (Å²) in [6.45, 7) is 0. The van der Waals surface area contributed by atoms with Gasteiger partial charge < -0.3 is 10.1 Å². The van der Waals surface area contributed by atoms with Gasteiger partial charge in [0.05, 0.1) is 13.5 Å². The monoisotopic (exact) mass is 349 g/mol. The molecule has 0 aliphatic carbocycles. The number of carbonyl (C=O) groups is 1. The predicted molar refractivity (Wildman–Crippen MR) is 95.6 cm³/mol. The summed E-state index contributed by atoms with van der Waals surface area (Å²) in [5.74, 6) is 0.437. The molecule has 3 N–H and O–H groups in total. The number of benzene rings is 2. The number of para-hydroxylation sites is 1. The van der Waals surface area contributed by atoms with E-state index in [1.165, 1.54) is 0 Å². The second kappa shape index (κ2) is 8.36. The molecule has 5 nitrogen and oxygen atoms in total. The highest BCUT2D eigenvalue weighted by Gasteiger charge is 2.08. The van der Waals surface area contributed by atoms with Gasteiger partial charge in [-0.05, 0) is 36.5 Å². The van der Waals surface area contributed by atoms with Crippen LogP contribution in [-0.4, -0.2) is 18.1 Å². The van der Waals surface area contributed by atoms with Crippen LogP contribution in [0.2, 0.25) is 5.02 Å². The molecule has 1 amide bonds. The number of ether oxygens (including phenoxy) is 1. The molecule has 0 saturated carbocycles. The number of carbonyl (C=O) groups excluding carboxylic acids is 1. The molecule has 0 radical (unpaired) electrons. The minimum atomic E-state index is -0.232. The molecule has 0 aromatic heterocycles. The number of hydrazine groups is 1. The molecule has 23 heavy (non-hydrogen) atoms. The van der Waals surface area contributed by atoms with E-state index >= 15 is 0 Å². The Morgan fingerprint density at radius 2 is 1.96 bits per heavy atom. The Labute approximate surface area is 145 Å². The molecule has 2 aromatic carbocycles. The summed E-state index contributed by atoms with van der Waals surface area (Å²) < 4.78 is 5.21. The molecule has 0 saturated heterocycles. The Kier molecular flexibility index (Phi) is 6.19. The van der Waals surface area contributed by atoms with E-state index in [4.69, 9.17) is 28.6 Å². The zero-order chi connectivity index (χ0) is 16.7. The van der Waals surface area contributed by atoms with Crippen LogP contribution in [0, 0.1) is 0 Å². The van der Waals surface area contributed by atoms with Crippen LogP contribution in [0.15, 0.2) is 48.5 Å². The lowest BCUT2D eigenvalue weighted by molar-refractivity contribution is -0.121. The minimum absolute atomic E-state index is 0.177. The molecule has 0 aliphatic rings. The predicted octanol–water partition coefficient (Wildman–Crippen LogP) is 2.91. The maximum absolute atomic E-state index is 12.0. The molecular formula is C16H16ClN3O2S. The van der Waals surface area contributed by atoms with Gasteiger partial charge in [0.1, 0.15) is 5.75 Å². The van der Waals surface area contributed by atoms with Gasteiger partial charge in [0.25, 0.3) is 0 Å². The molecule has 0 fully saturated rings. The summed E-state index contributed by atoms with van der Waals surface area (Å²) in [7, 11) is 1.57. The average Bonchev–Trinajstić information content (AvgIpc) is 2.53. The van der Waals surface area contributed by atoms with Gasteiger partial charge in [-0.1, -0.05) is 35.9 Å². The number of amides is 1. The van der Waals surface area contributed by atoms with E-state index < -0.39 is 0 Å². The van der Waals surface area contributed by atoms with Crippen molar-refractivity contribution in [2.24, 2.45) is 0 Å². The Hall–Kier alpha value is -2.31. The fourth-order valence-corrected chi connectivity index (χ4v) is 2.28. The summed E-state index contributed by atoms with van der Waals surface area (Å²) in [6, 6.07) is 14.4. The molecule has 2 rings (SSSR count). The molecule has 2 aromatic rings. The number of thiocarbonyl (C=S) groups is 1. The molecule has 0 bridgehead atoms. The van der Waals surface area contributed by atoms with Gasteiger partial charge in [0, 0.05) is 16.3 Å². The van der Waals surface area contributed by atoms with Crippen molar-refractivity contribution in [3.63, 3.8) is 0 Å². The zero-order valence-electron chi connectivity index (χ0n) is 12.4. The van der Waals surface area contributed by atoms with Crippen LogP contribution in [0.3, 0.4) is 0 Å². The third kappa shape index (κ3) is 5.43. The standard InChI is InChI=1S/C16H16ClN3O2S/c1-22-14-8-3-2-5-11(14)9-15(21)19-20-16(23)18-13-7-4-6-12(17)10-13/h2-8,10H,9H2,1H3,(H,19,21)(H2,18,20,23). The highest BCUT2D eigenvalue weighted by atomic mass is 35.5. The Bertz CT molecular complexity index is 709. The number of methoxy groups -OCH3 is 1. The molecule has 120 valence electrons. The Morgan fingerprint density at radius 1 is 1.17 bits per heavy atom. The number of hydrogen-bond acceptors (Lipinski definition) is 3. The lowest BCUT2D eigenvalue weighted by Gasteiger charge is -2.12. The van der Waals surface area contributed by atoms with Crippen LogP contribution in [0.4, 0.5) is 5.69 Å². The third-order valence-corrected chi connectivity index (χ3v) is 3.38. The molecule has 0 spiro atoms. The van der Waals surface area contributed by atoms with Crippen molar-refractivity contribution in [3.8, 4) is 5.75 Å². The largest absolute Gasteiger partial charge is 0.496 e. The van der Waals surface area contributed by atoms with Gasteiger partial charge in [-0.2, -0.15) is 0 Å². The van der Waals surface area contributed by atoms with Crippen LogP contribution in [0.5, 0.6) is 5.75 Å². The highest BCUT2D eigenvalue weighted by Crippen LogP contribution is 2.17. The summed E-state index contributed by atoms with van der Waals surface area (Å²) in [5, 5.41) is 3.78. The van der Waals surface area contributed by atoms with Crippen molar-refractivity contribution in [1.82, 2.24) is 10.9 Å². The second-order valence-corrected chi connectivity index (χ2v) is 5.47. The van der Waals surface area contributed by atoms with Gasteiger partial charge in [0.2, 0.25) is 5.91 Å². The first kappa shape index (κ1) is 17.1. The number of halogens is 1. The van der Waals surface area contributed by atoms with Crippen molar-refractivity contribution in [2.45, 2.75) is 6.42 Å². The van der Waals surface area contributed by atoms with Crippen molar-refractivity contribution >= 4 is 40.5 Å². The van der Waals surface area contributed by atoms with Crippen LogP contribution in [0.25, 0.3) is 0 Å². The summed E-state index contributed by atoms with van der Waals surface area (Å²) in [4.78, 5) is 12.0. The number of hydrogen-bond donors (Lipinski definition) is 3. The number of rotatable bonds is 4. The molecule has 0 aliphatic heterocycles. The van der Waals surface area contributed by atoms with Crippen LogP contribution in [-0.2, 0) is 11.2 Å². The Balaban J connectivity index is 1.83. The van der Waals surface area contributed by atoms with E-state index in [9.17, 15) is 4.79 Å². The van der Waals surface area contributed by atoms with Crippen molar-refractivity contribution in [2.75, 3.05) is 12.4 Å². The van der Waals surface area contributed by atoms with E-state index in [1.54, 1.807) is 31.4 Å². The summed E-state index contributed by atoms with van der Waals surface area (Å²) in [5.41, 5.74) is 6.71. The zero-order valence-corrected chi connectivity index (χ0v) is 14.0. The van der Waals surface area contributed by atoms with E-state index in [-0.39, 0.29) is 17.4 Å². The lowest BCUT2D eigenvalue weighted by atomic mass is 10.1. The number of anilines is 1. The molecule has 7 heteroatoms. The normalized spacial score (nSPS) is 9.83. The Morgan fingerprint density at radius 3 is 2.70 bits per heavy atom. The van der Waals surface area contributed by atoms with Crippen molar-refractivity contribution in [3.05, 3.63) is 59.1 Å². The summed E-state index contributed by atoms with van der Waals surface area (Å²) >= 11 is 11.0. The van der Waals surface area contributed by atoms with Gasteiger partial charge in [0.15, 0.2) is 5.11 Å². The smallest absolute Gasteiger partial charge is 0.242 e. The highest BCUT2D eigenvalue weighted by molar-refractivity contribution is 7.80. The summed E-state index contributed by atoms with van der Waals surface area (Å²) in [6.07, 6.45) is 0.177. The third-order valence-electron chi connectivity index (χ3n) is 2.94. The topological polar surface area (TPSA) is 62.4 Å². The van der Waals surface area contributed by atoms with Gasteiger partial charge in [-0.3, -0.25) is 15.6 Å². The van der Waals surface area contributed by atoms with Crippen LogP contribution in [0.1, 0.15) is 5.56 Å². The second-order valence-electron chi connectivity index (χ2n) is 4.63. The van der Waals surface area contributed by atoms with Gasteiger partial charge in [-0.15, -0.1) is 0 Å². The molecular weight excluding hydrogens is 334 g/mol. The lowest BCUT2D eigenvalue weighted by Crippen LogP contribution is -2.44. The first-order valence-corrected chi connectivity index (χ1v) is 7.60. The SMILES string of the molecule is COc1ccccc1CC(=O)NNC(=S)Nc1cccc(Cl)c1. The van der Waals surface area contributed by atoms with E-state index in [1.807, 2.05) is 24.3 Å². The number of nitrogens with one attached hydrogen (secondary N) is 3. The van der Waals surface area contributed by atoms with E-state index in [0.29, 0.717) is 10.8 Å². The molecule has 0 heterocycles. The quantitative estimate of drug-likeness (QED) is 0.585. The minimum Gasteiger partial charge on any atom is -0.496 e. The maximum Gasteiger partial charge on any atom is 0.242 e. The van der Waals surface area contributed by atoms with Crippen molar-refractivity contribution in [1.29, 1.82) is 0 Å².